The first kappa shape index (κ1) is 27.8. The molecule has 3 atom stereocenters. The molecule has 0 spiro atoms. The number of ether oxygens (including phenoxy) is 1. The highest BCUT2D eigenvalue weighted by molar-refractivity contribution is 6.35. The van der Waals surface area contributed by atoms with Gasteiger partial charge in [-0.05, 0) is 54.5 Å². The van der Waals surface area contributed by atoms with Crippen molar-refractivity contribution in [3.63, 3.8) is 0 Å². The second-order valence-electron chi connectivity index (χ2n) is 10.1. The first-order valence-corrected chi connectivity index (χ1v) is 12.5. The maximum atomic E-state index is 13.3. The molecule has 3 rings (SSSR count). The Kier molecular flexibility index (Phi) is 8.57. The van der Waals surface area contributed by atoms with E-state index in [0.29, 0.717) is 40.6 Å². The van der Waals surface area contributed by atoms with Gasteiger partial charge in [0.05, 0.1) is 17.8 Å². The average molecular weight is 536 g/mol. The summed E-state index contributed by atoms with van der Waals surface area (Å²) in [5.41, 5.74) is -0.198. The van der Waals surface area contributed by atoms with Gasteiger partial charge in [-0.25, -0.2) is 0 Å². The van der Waals surface area contributed by atoms with E-state index in [1.807, 2.05) is 12.1 Å². The summed E-state index contributed by atoms with van der Waals surface area (Å²) in [5.74, 6) is -2.32. The molecule has 0 aromatic heterocycles. The van der Waals surface area contributed by atoms with E-state index < -0.39 is 34.7 Å². The van der Waals surface area contributed by atoms with E-state index in [-0.39, 0.29) is 18.9 Å². The Morgan fingerprint density at radius 1 is 1.06 bits per heavy atom. The number of halogens is 2. The van der Waals surface area contributed by atoms with Gasteiger partial charge in [0, 0.05) is 21.7 Å². The number of nitrogens with one attached hydrogen (secondary N) is 1. The SMILES string of the molecule is CC1(C(=O)NC(CC(=O)O)Cc2ccc(OCc3c(Cl)cccc3Cl)cc2)CCC(C(=O)O)C1(C)C. The maximum absolute atomic E-state index is 13.3. The third-order valence-corrected chi connectivity index (χ3v) is 8.34. The van der Waals surface area contributed by atoms with Crippen LogP contribution < -0.4 is 10.1 Å². The predicted octanol–water partition coefficient (Wildman–Crippen LogP) is 5.60. The number of carboxylic acids is 2. The van der Waals surface area contributed by atoms with Gasteiger partial charge in [0.25, 0.3) is 0 Å². The predicted molar refractivity (Wildman–Crippen MR) is 137 cm³/mol. The van der Waals surface area contributed by atoms with Gasteiger partial charge in [0.15, 0.2) is 0 Å². The van der Waals surface area contributed by atoms with E-state index in [1.165, 1.54) is 0 Å². The molecule has 0 bridgehead atoms. The fourth-order valence-corrected chi connectivity index (χ4v) is 5.41. The second-order valence-corrected chi connectivity index (χ2v) is 10.9. The molecule has 36 heavy (non-hydrogen) atoms. The Balaban J connectivity index is 1.68. The molecular formula is C27H31Cl2NO6. The minimum absolute atomic E-state index is 0.196. The Bertz CT molecular complexity index is 1110. The first-order chi connectivity index (χ1) is 16.8. The molecule has 1 aliphatic carbocycles. The van der Waals surface area contributed by atoms with Gasteiger partial charge < -0.3 is 20.3 Å². The topological polar surface area (TPSA) is 113 Å². The number of hydrogen-bond acceptors (Lipinski definition) is 4. The second kappa shape index (κ2) is 11.1. The molecule has 2 aromatic rings. The zero-order chi connectivity index (χ0) is 26.7. The summed E-state index contributed by atoms with van der Waals surface area (Å²) in [6.07, 6.45) is 0.863. The molecule has 7 nitrogen and oxygen atoms in total. The number of carboxylic acid groups (broad SMARTS) is 2. The van der Waals surface area contributed by atoms with Crippen LogP contribution in [0.1, 0.15) is 51.2 Å². The van der Waals surface area contributed by atoms with Gasteiger partial charge in [0.1, 0.15) is 12.4 Å². The number of aliphatic carboxylic acids is 2. The van der Waals surface area contributed by atoms with Crippen LogP contribution in [0.3, 0.4) is 0 Å². The number of hydrogen-bond donors (Lipinski definition) is 3. The molecule has 0 heterocycles. The van der Waals surface area contributed by atoms with Gasteiger partial charge in [-0.3, -0.25) is 14.4 Å². The van der Waals surface area contributed by atoms with Crippen molar-refractivity contribution in [1.29, 1.82) is 0 Å². The lowest BCUT2D eigenvalue weighted by Gasteiger charge is -2.40. The van der Waals surface area contributed by atoms with Crippen LogP contribution in [0.15, 0.2) is 42.5 Å². The molecule has 1 amide bonds. The zero-order valence-electron chi connectivity index (χ0n) is 20.5. The van der Waals surface area contributed by atoms with Crippen LogP contribution in [0.2, 0.25) is 10.0 Å². The van der Waals surface area contributed by atoms with Crippen molar-refractivity contribution in [2.45, 2.75) is 59.1 Å². The van der Waals surface area contributed by atoms with E-state index in [1.54, 1.807) is 51.1 Å². The molecule has 3 unspecified atom stereocenters. The van der Waals surface area contributed by atoms with Crippen molar-refractivity contribution in [1.82, 2.24) is 5.32 Å². The summed E-state index contributed by atoms with van der Waals surface area (Å²) < 4.78 is 5.80. The van der Waals surface area contributed by atoms with Crippen LogP contribution in [0, 0.1) is 16.7 Å². The van der Waals surface area contributed by atoms with Crippen LogP contribution in [0.25, 0.3) is 0 Å². The summed E-state index contributed by atoms with van der Waals surface area (Å²) in [6, 6.07) is 11.7. The fourth-order valence-electron chi connectivity index (χ4n) is 4.90. The van der Waals surface area contributed by atoms with Crippen LogP contribution in [0.4, 0.5) is 0 Å². The molecule has 1 saturated carbocycles. The lowest BCUT2D eigenvalue weighted by atomic mass is 9.65. The number of amides is 1. The summed E-state index contributed by atoms with van der Waals surface area (Å²) >= 11 is 12.4. The van der Waals surface area contributed by atoms with E-state index in [2.05, 4.69) is 5.32 Å². The Morgan fingerprint density at radius 3 is 2.19 bits per heavy atom. The Morgan fingerprint density at radius 2 is 1.67 bits per heavy atom. The molecule has 2 aromatic carbocycles. The quantitative estimate of drug-likeness (QED) is 0.364. The molecule has 9 heteroatoms. The highest BCUT2D eigenvalue weighted by Gasteiger charge is 2.58. The summed E-state index contributed by atoms with van der Waals surface area (Å²) in [5, 5.41) is 22.9. The summed E-state index contributed by atoms with van der Waals surface area (Å²) in [7, 11) is 0. The molecule has 3 N–H and O–H groups in total. The largest absolute Gasteiger partial charge is 0.489 e. The zero-order valence-corrected chi connectivity index (χ0v) is 22.0. The van der Waals surface area contributed by atoms with Gasteiger partial charge in [-0.2, -0.15) is 0 Å². The van der Waals surface area contributed by atoms with Crippen LogP contribution in [0.5, 0.6) is 5.75 Å². The van der Waals surface area contributed by atoms with Crippen molar-refractivity contribution in [3.8, 4) is 5.75 Å². The normalized spacial score (nSPS) is 21.5. The van der Waals surface area contributed by atoms with Crippen molar-refractivity contribution in [3.05, 3.63) is 63.6 Å². The highest BCUT2D eigenvalue weighted by Crippen LogP contribution is 2.56. The van der Waals surface area contributed by atoms with Crippen molar-refractivity contribution in [2.75, 3.05) is 0 Å². The van der Waals surface area contributed by atoms with Gasteiger partial charge >= 0.3 is 11.9 Å². The van der Waals surface area contributed by atoms with E-state index >= 15 is 0 Å². The van der Waals surface area contributed by atoms with E-state index in [9.17, 15) is 24.6 Å². The van der Waals surface area contributed by atoms with Crippen molar-refractivity contribution < 1.29 is 29.3 Å². The minimum atomic E-state index is -1.03. The number of benzene rings is 2. The van der Waals surface area contributed by atoms with Gasteiger partial charge in [-0.15, -0.1) is 0 Å². The molecule has 1 fully saturated rings. The lowest BCUT2D eigenvalue weighted by Crippen LogP contribution is -2.51. The fraction of sp³-hybridized carbons (Fsp3) is 0.444. The Hall–Kier alpha value is -2.77. The number of rotatable bonds is 10. The molecule has 0 aliphatic heterocycles. The third-order valence-electron chi connectivity index (χ3n) is 7.63. The van der Waals surface area contributed by atoms with Gasteiger partial charge in [-0.1, -0.05) is 62.2 Å². The molecular weight excluding hydrogens is 505 g/mol. The van der Waals surface area contributed by atoms with Crippen LogP contribution in [-0.4, -0.2) is 34.1 Å². The van der Waals surface area contributed by atoms with Gasteiger partial charge in [0.2, 0.25) is 5.91 Å². The van der Waals surface area contributed by atoms with Crippen molar-refractivity contribution >= 4 is 41.0 Å². The molecule has 0 saturated heterocycles. The van der Waals surface area contributed by atoms with E-state index in [0.717, 1.165) is 5.56 Å². The molecule has 0 radical (unpaired) electrons. The number of carbonyl (C=O) groups is 3. The monoisotopic (exact) mass is 535 g/mol. The minimum Gasteiger partial charge on any atom is -0.489 e. The smallest absolute Gasteiger partial charge is 0.307 e. The molecule has 1 aliphatic rings. The lowest BCUT2D eigenvalue weighted by molar-refractivity contribution is -0.148. The van der Waals surface area contributed by atoms with Crippen molar-refractivity contribution in [2.24, 2.45) is 16.7 Å². The molecule has 194 valence electrons. The van der Waals surface area contributed by atoms with Crippen LogP contribution >= 0.6 is 23.2 Å². The Labute approximate surface area is 220 Å². The maximum Gasteiger partial charge on any atom is 0.307 e. The van der Waals surface area contributed by atoms with E-state index in [4.69, 9.17) is 27.9 Å². The van der Waals surface area contributed by atoms with Crippen LogP contribution in [-0.2, 0) is 27.4 Å². The summed E-state index contributed by atoms with van der Waals surface area (Å²) in [4.78, 5) is 36.5. The third kappa shape index (κ3) is 5.95. The standard InChI is InChI=1S/C27H31Cl2NO6/c1-26(2)20(24(33)34)11-12-27(26,3)25(35)30-17(14-23(31)32)13-16-7-9-18(10-8-16)36-15-19-21(28)5-4-6-22(19)29/h4-10,17,20H,11-15H2,1-3H3,(H,30,35)(H,31,32)(H,33,34). The number of carbonyl (C=O) groups excluding carboxylic acids is 1. The first-order valence-electron chi connectivity index (χ1n) is 11.8. The highest BCUT2D eigenvalue weighted by atomic mass is 35.5. The summed E-state index contributed by atoms with van der Waals surface area (Å²) in [6.45, 7) is 5.54. The average Bonchev–Trinajstić information content (AvgIpc) is 3.04.